The monoisotopic (exact) mass is 500 g/mol. The molecule has 6 N–H and O–H groups in total. The van der Waals surface area contributed by atoms with Gasteiger partial charge in [0.1, 0.15) is 42.5 Å². The summed E-state index contributed by atoms with van der Waals surface area (Å²) in [7, 11) is 0. The number of ether oxygens (including phenoxy) is 5. The van der Waals surface area contributed by atoms with Gasteiger partial charge >= 0.3 is 5.97 Å². The van der Waals surface area contributed by atoms with Gasteiger partial charge in [0.15, 0.2) is 18.0 Å². The van der Waals surface area contributed by atoms with Crippen molar-refractivity contribution in [1.29, 1.82) is 0 Å². The first-order chi connectivity index (χ1) is 16.7. The van der Waals surface area contributed by atoms with E-state index in [1.807, 2.05) is 6.92 Å². The molecule has 2 saturated heterocycles. The van der Waals surface area contributed by atoms with Crippen molar-refractivity contribution in [2.45, 2.75) is 68.5 Å². The average molecular weight is 500 g/mol. The van der Waals surface area contributed by atoms with Crippen LogP contribution in [0.2, 0.25) is 0 Å². The van der Waals surface area contributed by atoms with E-state index in [-0.39, 0.29) is 11.5 Å². The van der Waals surface area contributed by atoms with Crippen LogP contribution in [-0.2, 0) is 23.7 Å². The summed E-state index contributed by atoms with van der Waals surface area (Å²) in [6, 6.07) is 5.55. The van der Waals surface area contributed by atoms with Crippen molar-refractivity contribution < 1.29 is 59.1 Å². The molecule has 2 aliphatic rings. The van der Waals surface area contributed by atoms with E-state index in [0.717, 1.165) is 6.42 Å². The molecular formula is C23H32O12. The number of rotatable bonds is 10. The highest BCUT2D eigenvalue weighted by molar-refractivity contribution is 5.81. The van der Waals surface area contributed by atoms with E-state index in [9.17, 15) is 35.4 Å². The first-order valence-electron chi connectivity index (χ1n) is 11.3. The Balaban J connectivity index is 1.68. The summed E-state index contributed by atoms with van der Waals surface area (Å²) in [5.74, 6) is -0.490. The molecule has 1 aromatic carbocycles. The minimum atomic E-state index is -1.99. The lowest BCUT2D eigenvalue weighted by atomic mass is 9.98. The van der Waals surface area contributed by atoms with Crippen molar-refractivity contribution in [3.05, 3.63) is 36.4 Å². The lowest BCUT2D eigenvalue weighted by Crippen LogP contribution is -2.62. The number of benzene rings is 1. The minimum Gasteiger partial charge on any atom is -0.508 e. The number of aliphatic hydroxyl groups is 5. The van der Waals surface area contributed by atoms with Crippen LogP contribution in [0.5, 0.6) is 11.5 Å². The molecule has 35 heavy (non-hydrogen) atoms. The van der Waals surface area contributed by atoms with Gasteiger partial charge in [-0.1, -0.05) is 19.4 Å². The Kier molecular flexibility index (Phi) is 9.44. The zero-order valence-corrected chi connectivity index (χ0v) is 19.2. The third-order valence-electron chi connectivity index (χ3n) is 5.68. The van der Waals surface area contributed by atoms with E-state index < -0.39 is 74.5 Å². The largest absolute Gasteiger partial charge is 0.508 e. The normalized spacial score (nSPS) is 35.3. The number of carbonyl (C=O) groups is 1. The molecule has 0 saturated carbocycles. The molecule has 0 spiro atoms. The zero-order valence-electron chi connectivity index (χ0n) is 19.2. The molecule has 0 bridgehead atoms. The van der Waals surface area contributed by atoms with E-state index in [1.54, 1.807) is 6.08 Å². The molecule has 8 atom stereocenters. The van der Waals surface area contributed by atoms with E-state index in [0.29, 0.717) is 6.42 Å². The number of unbranched alkanes of at least 4 members (excludes halogenated alkanes) is 1. The first kappa shape index (κ1) is 27.3. The maximum absolute atomic E-state index is 11.8. The predicted octanol–water partition coefficient (Wildman–Crippen LogP) is -1.06. The van der Waals surface area contributed by atoms with Gasteiger partial charge in [-0.2, -0.15) is 0 Å². The van der Waals surface area contributed by atoms with Crippen LogP contribution in [0.4, 0.5) is 0 Å². The van der Waals surface area contributed by atoms with E-state index in [4.69, 9.17) is 23.7 Å². The summed E-state index contributed by atoms with van der Waals surface area (Å²) in [4.78, 5) is 11.8. The van der Waals surface area contributed by atoms with Gasteiger partial charge in [0.05, 0.1) is 13.2 Å². The summed E-state index contributed by atoms with van der Waals surface area (Å²) in [6.07, 6.45) is -5.99. The summed E-state index contributed by atoms with van der Waals surface area (Å²) < 4.78 is 27.2. The van der Waals surface area contributed by atoms with Crippen LogP contribution in [0.15, 0.2) is 36.4 Å². The number of carbonyl (C=O) groups excluding carboxylic acids is 1. The van der Waals surface area contributed by atoms with Crippen LogP contribution < -0.4 is 4.74 Å². The number of hydrogen-bond acceptors (Lipinski definition) is 12. The average Bonchev–Trinajstić information content (AvgIpc) is 3.12. The summed E-state index contributed by atoms with van der Waals surface area (Å²) >= 11 is 0. The Bertz CT molecular complexity index is 845. The fourth-order valence-electron chi connectivity index (χ4n) is 3.60. The Hall–Kier alpha value is -2.29. The molecule has 0 aliphatic carbocycles. The Morgan fingerprint density at radius 2 is 1.89 bits per heavy atom. The zero-order chi connectivity index (χ0) is 25.6. The standard InChI is InChI=1S/C23H32O12/c1-2-3-4-5-16(26)31-11-23(30)12-32-22(20(23)29)35-19-18(28)17(27)15(10-24)34-21(19)33-14-8-6-13(25)7-9-14/h4-9,15,17-22,24-25,27-30H,2-3,10-12H2,1H3/b5-4+/t15-,17-,18+,19-,20+,21-,22+,23-/m0/s1. The van der Waals surface area contributed by atoms with Crippen molar-refractivity contribution >= 4 is 5.97 Å². The molecule has 12 heteroatoms. The van der Waals surface area contributed by atoms with E-state index >= 15 is 0 Å². The molecule has 196 valence electrons. The third-order valence-corrected chi connectivity index (χ3v) is 5.68. The molecule has 2 fully saturated rings. The van der Waals surface area contributed by atoms with Crippen molar-refractivity contribution in [3.63, 3.8) is 0 Å². The van der Waals surface area contributed by atoms with E-state index in [2.05, 4.69) is 0 Å². The van der Waals surface area contributed by atoms with Crippen LogP contribution in [0.3, 0.4) is 0 Å². The lowest BCUT2D eigenvalue weighted by Gasteiger charge is -2.42. The topological polar surface area (TPSA) is 185 Å². The highest BCUT2D eigenvalue weighted by Crippen LogP contribution is 2.32. The highest BCUT2D eigenvalue weighted by atomic mass is 16.8. The van der Waals surface area contributed by atoms with Crippen molar-refractivity contribution in [2.75, 3.05) is 19.8 Å². The van der Waals surface area contributed by atoms with E-state index in [1.165, 1.54) is 30.3 Å². The molecule has 2 heterocycles. The van der Waals surface area contributed by atoms with Gasteiger partial charge in [-0.3, -0.25) is 0 Å². The van der Waals surface area contributed by atoms with Gasteiger partial charge in [-0.05, 0) is 30.7 Å². The molecule has 0 radical (unpaired) electrons. The Morgan fingerprint density at radius 1 is 1.17 bits per heavy atom. The number of hydrogen-bond donors (Lipinski definition) is 6. The van der Waals surface area contributed by atoms with Crippen molar-refractivity contribution in [2.24, 2.45) is 0 Å². The second kappa shape index (κ2) is 12.1. The smallest absolute Gasteiger partial charge is 0.330 e. The number of aromatic hydroxyl groups is 1. The third kappa shape index (κ3) is 6.68. The molecule has 3 rings (SSSR count). The fourth-order valence-corrected chi connectivity index (χ4v) is 3.60. The molecule has 0 unspecified atom stereocenters. The quantitative estimate of drug-likeness (QED) is 0.169. The highest BCUT2D eigenvalue weighted by Gasteiger charge is 2.54. The van der Waals surface area contributed by atoms with Crippen LogP contribution in [0, 0.1) is 0 Å². The van der Waals surface area contributed by atoms with Crippen LogP contribution in [0.25, 0.3) is 0 Å². The maximum Gasteiger partial charge on any atom is 0.330 e. The lowest BCUT2D eigenvalue weighted by molar-refractivity contribution is -0.318. The fraction of sp³-hybridized carbons (Fsp3) is 0.609. The van der Waals surface area contributed by atoms with Crippen molar-refractivity contribution in [1.82, 2.24) is 0 Å². The number of esters is 1. The van der Waals surface area contributed by atoms with Gasteiger partial charge in [0.25, 0.3) is 0 Å². The summed E-state index contributed by atoms with van der Waals surface area (Å²) in [6.45, 7) is 0.304. The van der Waals surface area contributed by atoms with Crippen LogP contribution in [0.1, 0.15) is 19.8 Å². The second-order valence-electron chi connectivity index (χ2n) is 8.45. The second-order valence-corrected chi connectivity index (χ2v) is 8.45. The van der Waals surface area contributed by atoms with Crippen molar-refractivity contribution in [3.8, 4) is 11.5 Å². The van der Waals surface area contributed by atoms with Gasteiger partial charge < -0.3 is 54.3 Å². The number of aliphatic hydroxyl groups excluding tert-OH is 4. The van der Waals surface area contributed by atoms with Crippen LogP contribution >= 0.6 is 0 Å². The number of phenolic OH excluding ortho intramolecular Hbond substituents is 1. The van der Waals surface area contributed by atoms with Gasteiger partial charge in [0.2, 0.25) is 6.29 Å². The van der Waals surface area contributed by atoms with Gasteiger partial charge in [-0.15, -0.1) is 0 Å². The Labute approximate surface area is 201 Å². The van der Waals surface area contributed by atoms with Gasteiger partial charge in [-0.25, -0.2) is 4.79 Å². The predicted molar refractivity (Wildman–Crippen MR) is 117 cm³/mol. The summed E-state index contributed by atoms with van der Waals surface area (Å²) in [5.41, 5.74) is -1.99. The molecule has 0 aromatic heterocycles. The SMILES string of the molecule is CCC/C=C/C(=O)OC[C@]1(O)CO[C@H](O[C@@H]2[C@@H](Oc3ccc(O)cc3)O[C@@H](CO)[C@H](O)[C@H]2O)[C@H]1O. The molecule has 2 aliphatic heterocycles. The number of phenols is 1. The first-order valence-corrected chi connectivity index (χ1v) is 11.3. The molecular weight excluding hydrogens is 468 g/mol. The Morgan fingerprint density at radius 3 is 2.54 bits per heavy atom. The van der Waals surface area contributed by atoms with Gasteiger partial charge in [0, 0.05) is 6.08 Å². The molecule has 1 aromatic rings. The van der Waals surface area contributed by atoms with Crippen LogP contribution in [-0.4, -0.2) is 105 Å². The molecule has 0 amide bonds. The number of allylic oxidation sites excluding steroid dienone is 1. The minimum absolute atomic E-state index is 0.0123. The summed E-state index contributed by atoms with van der Waals surface area (Å²) in [5, 5.41) is 61.2. The molecule has 12 nitrogen and oxygen atoms in total. The maximum atomic E-state index is 11.8.